The zero-order valence-corrected chi connectivity index (χ0v) is 21.8. The Morgan fingerprint density at radius 3 is 2.65 bits per heavy atom. The molecule has 2 aromatic carbocycles. The number of rotatable bonds is 9. The van der Waals surface area contributed by atoms with Crippen LogP contribution in [0.1, 0.15) is 5.56 Å². The van der Waals surface area contributed by atoms with Crippen LogP contribution in [-0.4, -0.2) is 57.7 Å². The van der Waals surface area contributed by atoms with Crippen LogP contribution in [-0.2, 0) is 20.8 Å². The van der Waals surface area contributed by atoms with E-state index in [0.29, 0.717) is 10.7 Å². The number of nitrogens with one attached hydrogen (secondary N) is 3. The monoisotopic (exact) mass is 557 g/mol. The van der Waals surface area contributed by atoms with Crippen LogP contribution in [0, 0.1) is 10.9 Å². The first-order valence-electron chi connectivity index (χ1n) is 12.2. The highest BCUT2D eigenvalue weighted by Gasteiger charge is 2.39. The summed E-state index contributed by atoms with van der Waals surface area (Å²) in [6.07, 6.45) is 4.37. The molecule has 202 valence electrons. The third kappa shape index (κ3) is 5.38. The highest BCUT2D eigenvalue weighted by molar-refractivity contribution is 6.31. The molecule has 0 aliphatic carbocycles. The first-order valence-corrected chi connectivity index (χ1v) is 12.6. The van der Waals surface area contributed by atoms with E-state index in [1.165, 1.54) is 28.0 Å². The van der Waals surface area contributed by atoms with E-state index >= 15 is 0 Å². The van der Waals surface area contributed by atoms with Crippen molar-refractivity contribution in [3.63, 3.8) is 0 Å². The van der Waals surface area contributed by atoms with E-state index in [1.807, 2.05) is 30.3 Å². The third-order valence-electron chi connectivity index (χ3n) is 6.54. The zero-order chi connectivity index (χ0) is 28.2. The lowest BCUT2D eigenvalue weighted by Crippen LogP contribution is -2.60. The fraction of sp³-hybridized carbons (Fsp3) is 0.148. The Bertz CT molecular complexity index is 1600. The minimum atomic E-state index is -0.970. The van der Waals surface area contributed by atoms with Crippen LogP contribution in [0.5, 0.6) is 0 Å². The normalized spacial score (nSPS) is 14.2. The number of benzene rings is 2. The van der Waals surface area contributed by atoms with Gasteiger partial charge < -0.3 is 10.2 Å². The minimum absolute atomic E-state index is 0.197. The number of carbonyl (C=O) groups excluding carboxylic acids is 3. The molecular formula is C27H24ClN9O3. The number of carbonyl (C=O) groups is 3. The highest BCUT2D eigenvalue weighted by atomic mass is 35.5. The Morgan fingerprint density at radius 1 is 1.10 bits per heavy atom. The smallest absolute Gasteiger partial charge is 0.247 e. The van der Waals surface area contributed by atoms with Gasteiger partial charge in [0.15, 0.2) is 0 Å². The first-order chi connectivity index (χ1) is 19.4. The van der Waals surface area contributed by atoms with Crippen LogP contribution in [0.2, 0.25) is 5.02 Å². The van der Waals surface area contributed by atoms with Gasteiger partial charge in [0.05, 0.1) is 16.9 Å². The summed E-state index contributed by atoms with van der Waals surface area (Å²) in [7, 11) is 0. The number of nitrogens with zero attached hydrogens (tertiary/aromatic N) is 6. The fourth-order valence-corrected chi connectivity index (χ4v) is 4.77. The summed E-state index contributed by atoms with van der Waals surface area (Å²) in [6.45, 7) is -0.726. The average Bonchev–Trinajstić information content (AvgIpc) is 3.43. The molecule has 3 heterocycles. The summed E-state index contributed by atoms with van der Waals surface area (Å²) < 4.78 is 1.66. The van der Waals surface area contributed by atoms with Crippen molar-refractivity contribution in [3.05, 3.63) is 89.7 Å². The van der Waals surface area contributed by atoms with Gasteiger partial charge in [-0.1, -0.05) is 47.2 Å². The van der Waals surface area contributed by atoms with E-state index in [-0.39, 0.29) is 30.9 Å². The van der Waals surface area contributed by atoms with E-state index in [4.69, 9.17) is 22.5 Å². The Kier molecular flexibility index (Phi) is 7.51. The standard InChI is InChI=1S/C27H24ClN9O3/c28-19-6-7-22(37(17-29)33-30)23(13-19)34-15-26(39)35(16-25(34)38)24(12-18-4-2-1-3-5-18)27(40)32-20-9-11-36-21(14-20)8-10-31-36/h1-11,13-14,17,24,29-30H,12,15-16H2,(H,32,40). The van der Waals surface area contributed by atoms with E-state index < -0.39 is 23.8 Å². The lowest BCUT2D eigenvalue weighted by atomic mass is 10.0. The van der Waals surface area contributed by atoms with Gasteiger partial charge in [-0.3, -0.25) is 24.7 Å². The maximum absolute atomic E-state index is 13.6. The molecule has 40 heavy (non-hydrogen) atoms. The number of pyridine rings is 1. The molecule has 1 unspecified atom stereocenters. The van der Waals surface area contributed by atoms with Crippen molar-refractivity contribution in [2.45, 2.75) is 12.5 Å². The minimum Gasteiger partial charge on any atom is -0.324 e. The molecule has 1 saturated heterocycles. The molecule has 13 heteroatoms. The number of aromatic nitrogens is 2. The van der Waals surface area contributed by atoms with Gasteiger partial charge in [-0.2, -0.15) is 10.6 Å². The van der Waals surface area contributed by atoms with Crippen LogP contribution in [0.4, 0.5) is 17.1 Å². The number of anilines is 3. The summed E-state index contributed by atoms with van der Waals surface area (Å²) in [4.78, 5) is 43.1. The first kappa shape index (κ1) is 26.5. The van der Waals surface area contributed by atoms with Gasteiger partial charge in [0, 0.05) is 29.5 Å². The van der Waals surface area contributed by atoms with Gasteiger partial charge in [0.25, 0.3) is 0 Å². The zero-order valence-electron chi connectivity index (χ0n) is 21.1. The Morgan fingerprint density at radius 2 is 1.90 bits per heavy atom. The molecular weight excluding hydrogens is 534 g/mol. The van der Waals surface area contributed by atoms with Crippen molar-refractivity contribution in [1.82, 2.24) is 14.5 Å². The Balaban J connectivity index is 1.43. The molecule has 12 nitrogen and oxygen atoms in total. The summed E-state index contributed by atoms with van der Waals surface area (Å²) in [5, 5.41) is 19.1. The van der Waals surface area contributed by atoms with Crippen LogP contribution < -0.4 is 15.2 Å². The predicted molar refractivity (Wildman–Crippen MR) is 150 cm³/mol. The molecule has 1 atom stereocenters. The summed E-state index contributed by atoms with van der Waals surface area (Å²) in [5.41, 5.74) is 9.96. The molecule has 1 fully saturated rings. The van der Waals surface area contributed by atoms with E-state index in [1.54, 1.807) is 35.1 Å². The molecule has 0 saturated carbocycles. The van der Waals surface area contributed by atoms with Crippen LogP contribution >= 0.6 is 11.6 Å². The summed E-state index contributed by atoms with van der Waals surface area (Å²) >= 11 is 6.18. The lowest BCUT2D eigenvalue weighted by Gasteiger charge is -2.38. The molecule has 4 aromatic rings. The quantitative estimate of drug-likeness (QED) is 0.124. The number of piperazine rings is 1. The van der Waals surface area contributed by atoms with Gasteiger partial charge in [0.2, 0.25) is 17.7 Å². The van der Waals surface area contributed by atoms with E-state index in [2.05, 4.69) is 15.6 Å². The van der Waals surface area contributed by atoms with Gasteiger partial charge in [-0.05, 0) is 42.0 Å². The van der Waals surface area contributed by atoms with Crippen molar-refractivity contribution in [1.29, 1.82) is 10.9 Å². The molecule has 3 amide bonds. The maximum Gasteiger partial charge on any atom is 0.247 e. The molecule has 0 radical (unpaired) electrons. The topological polar surface area (TPSA) is 150 Å². The van der Waals surface area contributed by atoms with Gasteiger partial charge in [-0.15, -0.1) is 0 Å². The van der Waals surface area contributed by atoms with Crippen LogP contribution in [0.15, 0.2) is 84.3 Å². The average molecular weight is 558 g/mol. The summed E-state index contributed by atoms with van der Waals surface area (Å²) in [6, 6.07) is 18.1. The molecule has 1 aliphatic heterocycles. The number of halogens is 1. The van der Waals surface area contributed by atoms with Gasteiger partial charge >= 0.3 is 0 Å². The van der Waals surface area contributed by atoms with E-state index in [9.17, 15) is 14.4 Å². The fourth-order valence-electron chi connectivity index (χ4n) is 4.60. The van der Waals surface area contributed by atoms with Crippen molar-refractivity contribution in [2.75, 3.05) is 28.3 Å². The number of hydrogen-bond donors (Lipinski definition) is 3. The number of fused-ring (bicyclic) bond motifs is 1. The molecule has 3 N–H and O–H groups in total. The van der Waals surface area contributed by atoms with Crippen LogP contribution in [0.3, 0.4) is 0 Å². The maximum atomic E-state index is 13.6. The van der Waals surface area contributed by atoms with Crippen LogP contribution in [0.25, 0.3) is 5.52 Å². The van der Waals surface area contributed by atoms with Crippen molar-refractivity contribution in [3.8, 4) is 0 Å². The molecule has 0 spiro atoms. The second-order valence-electron chi connectivity index (χ2n) is 9.02. The molecule has 0 bridgehead atoms. The van der Waals surface area contributed by atoms with Gasteiger partial charge in [-0.25, -0.2) is 9.52 Å². The second kappa shape index (κ2) is 11.3. The number of hydrogen-bond acceptors (Lipinski definition) is 7. The lowest BCUT2D eigenvalue weighted by molar-refractivity contribution is -0.143. The molecule has 5 rings (SSSR count). The predicted octanol–water partition coefficient (Wildman–Crippen LogP) is 3.77. The second-order valence-corrected chi connectivity index (χ2v) is 9.46. The molecule has 1 aliphatic rings. The highest BCUT2D eigenvalue weighted by Crippen LogP contribution is 2.34. The van der Waals surface area contributed by atoms with E-state index in [0.717, 1.165) is 22.4 Å². The summed E-state index contributed by atoms with van der Waals surface area (Å²) in [5.74, 6) is -1.34. The third-order valence-corrected chi connectivity index (χ3v) is 6.78. The van der Waals surface area contributed by atoms with Crippen molar-refractivity contribution in [2.24, 2.45) is 5.22 Å². The SMILES string of the molecule is N=CN(N=N)c1ccc(Cl)cc1N1CC(=O)N(C(Cc2ccccc2)C(=O)Nc2ccn3nccc3c2)CC1=O. The van der Waals surface area contributed by atoms with Crippen molar-refractivity contribution < 1.29 is 14.4 Å². The molecule has 2 aromatic heterocycles. The Labute approximate surface area is 233 Å². The number of amides is 3. The Hall–Kier alpha value is -5.10. The van der Waals surface area contributed by atoms with Crippen molar-refractivity contribution >= 4 is 58.2 Å². The largest absolute Gasteiger partial charge is 0.324 e. The van der Waals surface area contributed by atoms with Gasteiger partial charge in [0.1, 0.15) is 25.5 Å².